The van der Waals surface area contributed by atoms with Crippen molar-refractivity contribution in [1.82, 2.24) is 19.9 Å². The molecule has 6 aromatic carbocycles. The Balaban J connectivity index is 1.18. The molecule has 6 heteroatoms. The maximum absolute atomic E-state index is 6.72. The van der Waals surface area contributed by atoms with Gasteiger partial charge in [0.1, 0.15) is 11.5 Å². The van der Waals surface area contributed by atoms with Gasteiger partial charge in [0.2, 0.25) is 0 Å². The molecule has 53 heavy (non-hydrogen) atoms. The summed E-state index contributed by atoms with van der Waals surface area (Å²) in [5.41, 5.74) is 11.8. The van der Waals surface area contributed by atoms with Gasteiger partial charge < -0.3 is 9.64 Å². The second kappa shape index (κ2) is 13.3. The predicted octanol–water partition coefficient (Wildman–Crippen LogP) is 11.4. The van der Waals surface area contributed by atoms with E-state index in [1.807, 2.05) is 42.5 Å². The molecule has 8 aromatic rings. The molecule has 0 N–H and O–H groups in total. The van der Waals surface area contributed by atoms with Gasteiger partial charge in [0.15, 0.2) is 17.5 Å². The van der Waals surface area contributed by atoms with Gasteiger partial charge in [-0.05, 0) is 62.4 Å². The van der Waals surface area contributed by atoms with Gasteiger partial charge >= 0.3 is 0 Å². The minimum Gasteiger partial charge on any atom is -0.456 e. The normalized spacial score (nSPS) is 12.4. The third kappa shape index (κ3) is 6.10. The summed E-state index contributed by atoms with van der Waals surface area (Å²) in [4.78, 5) is 22.4. The number of rotatable bonds is 5. The summed E-state index contributed by atoms with van der Waals surface area (Å²) in [6.07, 6.45) is 0. The Labute approximate surface area is 308 Å². The van der Waals surface area contributed by atoms with Gasteiger partial charge in [-0.2, -0.15) is 0 Å². The van der Waals surface area contributed by atoms with Gasteiger partial charge in [-0.1, -0.05) is 121 Å². The van der Waals surface area contributed by atoms with Crippen LogP contribution in [0.2, 0.25) is 0 Å². The van der Waals surface area contributed by atoms with Crippen molar-refractivity contribution in [3.05, 3.63) is 180 Å². The van der Waals surface area contributed by atoms with Crippen molar-refractivity contribution in [2.45, 2.75) is 20.4 Å². The maximum atomic E-state index is 6.72. The van der Waals surface area contributed by atoms with Crippen LogP contribution >= 0.6 is 0 Å². The van der Waals surface area contributed by atoms with E-state index >= 15 is 0 Å². The molecule has 9 rings (SSSR count). The minimum absolute atomic E-state index is 0.516. The molecule has 2 aromatic heterocycles. The number of hydrogen-bond acceptors (Lipinski definition) is 6. The lowest BCUT2D eigenvalue weighted by molar-refractivity contribution is 0.512. The van der Waals surface area contributed by atoms with E-state index in [0.29, 0.717) is 29.8 Å². The summed E-state index contributed by atoms with van der Waals surface area (Å²) >= 11 is 0. The van der Waals surface area contributed by atoms with Crippen LogP contribution in [0.3, 0.4) is 0 Å². The van der Waals surface area contributed by atoms with Crippen molar-refractivity contribution in [3.63, 3.8) is 0 Å². The number of nitrogens with zero attached hydrogens (tertiary/aromatic N) is 5. The van der Waals surface area contributed by atoms with Gasteiger partial charge in [0.05, 0.1) is 23.4 Å². The fraction of sp³-hybridized carbons (Fsp3) is 0.0638. The summed E-state index contributed by atoms with van der Waals surface area (Å²) in [6, 6.07) is 51.7. The molecule has 6 nitrogen and oxygen atoms in total. The molecule has 1 aliphatic rings. The average Bonchev–Trinajstić information content (AvgIpc) is 3.20. The van der Waals surface area contributed by atoms with Crippen molar-refractivity contribution in [2.24, 2.45) is 0 Å². The zero-order chi connectivity index (χ0) is 35.9. The van der Waals surface area contributed by atoms with E-state index < -0.39 is 0 Å². The fourth-order valence-electron chi connectivity index (χ4n) is 6.87. The molecule has 0 radical (unpaired) electrons. The summed E-state index contributed by atoms with van der Waals surface area (Å²) < 4.78 is 6.72. The van der Waals surface area contributed by atoms with Gasteiger partial charge in [0.25, 0.3) is 0 Å². The minimum atomic E-state index is 0.516. The molecule has 254 valence electrons. The van der Waals surface area contributed by atoms with E-state index in [2.05, 4.69) is 135 Å². The van der Waals surface area contributed by atoms with Crippen molar-refractivity contribution < 1.29 is 4.74 Å². The first kappa shape index (κ1) is 32.0. The lowest BCUT2D eigenvalue weighted by Gasteiger charge is -2.32. The van der Waals surface area contributed by atoms with Gasteiger partial charge in [-0.25, -0.2) is 19.9 Å². The van der Waals surface area contributed by atoms with E-state index in [0.717, 1.165) is 67.1 Å². The Hall–Kier alpha value is -6.92. The first-order chi connectivity index (χ1) is 26.0. The lowest BCUT2D eigenvalue weighted by atomic mass is 9.98. The molecule has 0 amide bonds. The summed E-state index contributed by atoms with van der Waals surface area (Å²) in [5, 5.41) is 0.946. The maximum Gasteiger partial charge on any atom is 0.164 e. The van der Waals surface area contributed by atoms with Crippen LogP contribution in [-0.2, 0) is 6.54 Å². The summed E-state index contributed by atoms with van der Waals surface area (Å²) in [5.74, 6) is 3.23. The van der Waals surface area contributed by atoms with E-state index in [9.17, 15) is 0 Å². The second-order valence-electron chi connectivity index (χ2n) is 13.4. The zero-order valence-electron chi connectivity index (χ0n) is 29.5. The number of aryl methyl sites for hydroxylation is 2. The third-order valence-electron chi connectivity index (χ3n) is 9.72. The number of aromatic nitrogens is 4. The van der Waals surface area contributed by atoms with E-state index in [1.165, 1.54) is 11.1 Å². The lowest BCUT2D eigenvalue weighted by Crippen LogP contribution is -2.22. The van der Waals surface area contributed by atoms with Gasteiger partial charge in [0, 0.05) is 44.5 Å². The molecule has 0 saturated carbocycles. The molecule has 0 bridgehead atoms. The van der Waals surface area contributed by atoms with Crippen molar-refractivity contribution in [1.29, 1.82) is 0 Å². The molecule has 0 saturated heterocycles. The van der Waals surface area contributed by atoms with Crippen LogP contribution in [0.5, 0.6) is 5.75 Å². The number of para-hydroxylation sites is 2. The van der Waals surface area contributed by atoms with Gasteiger partial charge in [-0.3, -0.25) is 0 Å². The number of hydrogen-bond donors (Lipinski definition) is 0. The van der Waals surface area contributed by atoms with Crippen molar-refractivity contribution >= 4 is 28.0 Å². The molecular formula is C47H35N5O. The largest absolute Gasteiger partial charge is 0.456 e. The molecule has 1 aliphatic heterocycles. The van der Waals surface area contributed by atoms with Crippen LogP contribution < -0.4 is 9.64 Å². The quantitative estimate of drug-likeness (QED) is 0.180. The highest BCUT2D eigenvalue weighted by Crippen LogP contribution is 2.44. The first-order valence-electron chi connectivity index (χ1n) is 17.7. The molecule has 0 fully saturated rings. The highest BCUT2D eigenvalue weighted by Gasteiger charge is 2.27. The molecule has 0 unspecified atom stereocenters. The molecule has 0 aliphatic carbocycles. The summed E-state index contributed by atoms with van der Waals surface area (Å²) in [6.45, 7) is 9.10. The monoisotopic (exact) mass is 685 g/mol. The van der Waals surface area contributed by atoms with E-state index in [4.69, 9.17) is 24.7 Å². The Kier molecular flexibility index (Phi) is 8.05. The van der Waals surface area contributed by atoms with E-state index in [1.54, 1.807) is 0 Å². The highest BCUT2D eigenvalue weighted by atomic mass is 16.5. The zero-order valence-corrected chi connectivity index (χ0v) is 29.5. The van der Waals surface area contributed by atoms with Crippen LogP contribution in [0, 0.1) is 13.8 Å². The summed E-state index contributed by atoms with van der Waals surface area (Å²) in [7, 11) is 0. The van der Waals surface area contributed by atoms with Crippen LogP contribution in [0.1, 0.15) is 22.3 Å². The molecular weight excluding hydrogens is 651 g/mol. The number of benzene rings is 6. The Morgan fingerprint density at radius 2 is 1.06 bits per heavy atom. The van der Waals surface area contributed by atoms with Crippen LogP contribution in [0.15, 0.2) is 158 Å². The number of anilines is 2. The SMILES string of the molecule is C=C1Oc2c(c(-c3ccccc3)nc3ccccc23)CN(c2ccc(-c3nc(-c4ccc(C)cc4)nc(-c4ccc(C)cc4)n3)cc2)c2ccccc21. The van der Waals surface area contributed by atoms with E-state index in [-0.39, 0.29) is 0 Å². The Morgan fingerprint density at radius 3 is 1.68 bits per heavy atom. The number of fused-ring (bicyclic) bond motifs is 4. The van der Waals surface area contributed by atoms with Crippen LogP contribution in [0.25, 0.3) is 62.1 Å². The highest BCUT2D eigenvalue weighted by molar-refractivity contribution is 5.93. The average molecular weight is 686 g/mol. The Bertz CT molecular complexity index is 2570. The third-order valence-corrected chi connectivity index (χ3v) is 9.72. The molecule has 3 heterocycles. The molecule has 0 spiro atoms. The first-order valence-corrected chi connectivity index (χ1v) is 17.7. The number of pyridine rings is 1. The smallest absolute Gasteiger partial charge is 0.164 e. The van der Waals surface area contributed by atoms with Crippen LogP contribution in [0.4, 0.5) is 11.4 Å². The number of ether oxygens (including phenoxy) is 1. The van der Waals surface area contributed by atoms with Crippen LogP contribution in [-0.4, -0.2) is 19.9 Å². The standard InChI is InChI=1S/C47H35N5O/c1-30-17-21-34(22-18-30)45-49-46(35-23-19-31(2)20-24-35)51-47(50-45)36-25-27-37(28-26-36)52-29-40-43(33-11-5-4-6-12-33)48-41-15-9-7-14-39(41)44(40)53-32(3)38-13-8-10-16-42(38)52/h4-28H,3,29H2,1-2H3. The van der Waals surface area contributed by atoms with Crippen molar-refractivity contribution in [2.75, 3.05) is 4.90 Å². The molecule has 0 atom stereocenters. The Morgan fingerprint density at radius 1 is 0.528 bits per heavy atom. The topological polar surface area (TPSA) is 64.0 Å². The predicted molar refractivity (Wildman–Crippen MR) is 215 cm³/mol. The van der Waals surface area contributed by atoms with Gasteiger partial charge in [-0.15, -0.1) is 0 Å². The van der Waals surface area contributed by atoms with Crippen molar-refractivity contribution in [3.8, 4) is 51.2 Å². The second-order valence-corrected chi connectivity index (χ2v) is 13.4. The fourth-order valence-corrected chi connectivity index (χ4v) is 6.87.